The van der Waals surface area contributed by atoms with E-state index < -0.39 is 20.5 Å². The highest BCUT2D eigenvalue weighted by Crippen LogP contribution is 2.37. The van der Waals surface area contributed by atoms with E-state index in [2.05, 4.69) is 11.6 Å². The third kappa shape index (κ3) is 4.03. The minimum absolute atomic E-state index is 0.0402. The Bertz CT molecular complexity index is 1190. The second-order valence-corrected chi connectivity index (χ2v) is 10.5. The van der Waals surface area contributed by atoms with E-state index in [4.69, 9.17) is 19.9 Å². The van der Waals surface area contributed by atoms with Crippen LogP contribution in [0.2, 0.25) is 0 Å². The molecule has 0 spiro atoms. The van der Waals surface area contributed by atoms with Crippen molar-refractivity contribution in [3.05, 3.63) is 53.8 Å². The molecule has 1 aromatic carbocycles. The topological polar surface area (TPSA) is 118 Å². The number of benzene rings is 1. The van der Waals surface area contributed by atoms with Gasteiger partial charge in [-0.25, -0.2) is 13.4 Å². The number of carbonyl (C=O) groups excluding carboxylic acids is 1. The molecule has 0 radical (unpaired) electrons. The third-order valence-corrected chi connectivity index (χ3v) is 8.92. The standard InChI is InChI=1S/C21H22N2O6S2/c1-14-11-15(3-2-8-28-13-29-14)19-23-17-5-4-16(12-18(17)30-19)31(25,26)21(20(22)24)6-9-27-10-7-21/h2-5,11-12H,1,6-10,13H2,(H2,22,24)/b3-2-,15-11+. The molecule has 1 fully saturated rings. The highest BCUT2D eigenvalue weighted by Gasteiger charge is 2.51. The van der Waals surface area contributed by atoms with E-state index in [1.807, 2.05) is 12.2 Å². The fourth-order valence-corrected chi connectivity index (χ4v) is 6.59. The van der Waals surface area contributed by atoms with E-state index in [0.29, 0.717) is 27.6 Å². The molecule has 2 N–H and O–H groups in total. The Hall–Kier alpha value is -2.53. The number of hydrogen-bond donors (Lipinski definition) is 1. The number of amides is 1. The van der Waals surface area contributed by atoms with Crippen LogP contribution in [0.3, 0.4) is 0 Å². The van der Waals surface area contributed by atoms with E-state index in [-0.39, 0.29) is 37.7 Å². The Kier molecular flexibility index (Phi) is 5.98. The predicted octanol–water partition coefficient (Wildman–Crippen LogP) is 2.56. The molecule has 1 aromatic heterocycles. The molecule has 3 heterocycles. The summed E-state index contributed by atoms with van der Waals surface area (Å²) in [6.45, 7) is 4.68. The average Bonchev–Trinajstić information content (AvgIpc) is 3.21. The highest BCUT2D eigenvalue weighted by atomic mass is 32.2. The number of nitrogens with two attached hydrogens (primary N) is 1. The molecule has 31 heavy (non-hydrogen) atoms. The van der Waals surface area contributed by atoms with Gasteiger partial charge in [0, 0.05) is 18.8 Å². The molecular formula is C21H22N2O6S2. The van der Waals surface area contributed by atoms with Gasteiger partial charge in [0.05, 0.1) is 21.7 Å². The van der Waals surface area contributed by atoms with Gasteiger partial charge in [-0.1, -0.05) is 18.7 Å². The second kappa shape index (κ2) is 8.54. The number of primary amides is 1. The Morgan fingerprint density at radius 1 is 1.23 bits per heavy atom. The molecule has 164 valence electrons. The molecule has 0 unspecified atom stereocenters. The Morgan fingerprint density at radius 2 is 2.00 bits per heavy atom. The summed E-state index contributed by atoms with van der Waals surface area (Å²) in [5, 5.41) is 0.683. The maximum atomic E-state index is 13.4. The Balaban J connectivity index is 1.75. The number of carbonyl (C=O) groups is 1. The van der Waals surface area contributed by atoms with Gasteiger partial charge < -0.3 is 19.9 Å². The van der Waals surface area contributed by atoms with E-state index >= 15 is 0 Å². The van der Waals surface area contributed by atoms with Crippen molar-refractivity contribution >= 4 is 42.9 Å². The van der Waals surface area contributed by atoms with Crippen LogP contribution >= 0.6 is 11.3 Å². The average molecular weight is 463 g/mol. The normalized spacial score (nSPS) is 22.5. The minimum atomic E-state index is -4.01. The van der Waals surface area contributed by atoms with Crippen LogP contribution in [-0.4, -0.2) is 50.7 Å². The number of aromatic nitrogens is 1. The van der Waals surface area contributed by atoms with Crippen molar-refractivity contribution < 1.29 is 27.4 Å². The predicted molar refractivity (Wildman–Crippen MR) is 117 cm³/mol. The summed E-state index contributed by atoms with van der Waals surface area (Å²) in [6.07, 6.45) is 5.54. The first-order valence-corrected chi connectivity index (χ1v) is 11.9. The number of rotatable bonds is 4. The minimum Gasteiger partial charge on any atom is -0.468 e. The molecule has 0 atom stereocenters. The van der Waals surface area contributed by atoms with Gasteiger partial charge in [0.15, 0.2) is 21.4 Å². The lowest BCUT2D eigenvalue weighted by molar-refractivity contribution is -0.122. The monoisotopic (exact) mass is 462 g/mol. The largest absolute Gasteiger partial charge is 0.468 e. The van der Waals surface area contributed by atoms with Crippen LogP contribution in [0.1, 0.15) is 17.8 Å². The van der Waals surface area contributed by atoms with Crippen molar-refractivity contribution in [2.24, 2.45) is 5.73 Å². The van der Waals surface area contributed by atoms with Crippen molar-refractivity contribution in [2.75, 3.05) is 26.6 Å². The summed E-state index contributed by atoms with van der Waals surface area (Å²) in [5.74, 6) is -0.408. The van der Waals surface area contributed by atoms with Crippen LogP contribution in [-0.2, 0) is 28.8 Å². The molecule has 8 nitrogen and oxygen atoms in total. The van der Waals surface area contributed by atoms with Gasteiger partial charge in [0.2, 0.25) is 5.91 Å². The Morgan fingerprint density at radius 3 is 2.74 bits per heavy atom. The molecule has 0 aliphatic carbocycles. The second-order valence-electron chi connectivity index (χ2n) is 7.22. The third-order valence-electron chi connectivity index (χ3n) is 5.34. The SMILES string of the molecule is C=C1/C=C(c2nc3ccc(S(=O)(=O)C4(C(N)=O)CCOCC4)cc3s2)\C=C/COCO1. The molecule has 2 aromatic rings. The van der Waals surface area contributed by atoms with Gasteiger partial charge in [-0.2, -0.15) is 0 Å². The van der Waals surface area contributed by atoms with Crippen molar-refractivity contribution in [2.45, 2.75) is 22.5 Å². The smallest absolute Gasteiger partial charge is 0.239 e. The molecule has 2 aliphatic heterocycles. The fourth-order valence-electron chi connectivity index (χ4n) is 3.57. The molecule has 1 saturated heterocycles. The van der Waals surface area contributed by atoms with Crippen LogP contribution in [0.15, 0.2) is 53.7 Å². The van der Waals surface area contributed by atoms with Crippen molar-refractivity contribution in [1.29, 1.82) is 0 Å². The van der Waals surface area contributed by atoms with E-state index in [9.17, 15) is 13.2 Å². The van der Waals surface area contributed by atoms with Gasteiger partial charge in [-0.05, 0) is 37.1 Å². The zero-order chi connectivity index (χ0) is 22.1. The first kappa shape index (κ1) is 21.7. The zero-order valence-corrected chi connectivity index (χ0v) is 18.3. The number of ether oxygens (including phenoxy) is 3. The summed E-state index contributed by atoms with van der Waals surface area (Å²) in [4.78, 5) is 16.9. The van der Waals surface area contributed by atoms with Gasteiger partial charge in [-0.3, -0.25) is 4.79 Å². The van der Waals surface area contributed by atoms with Gasteiger partial charge in [0.1, 0.15) is 10.8 Å². The molecule has 0 bridgehead atoms. The van der Waals surface area contributed by atoms with Crippen LogP contribution in [0.5, 0.6) is 0 Å². The summed E-state index contributed by atoms with van der Waals surface area (Å²) in [7, 11) is -4.01. The van der Waals surface area contributed by atoms with Crippen molar-refractivity contribution in [3.63, 3.8) is 0 Å². The van der Waals surface area contributed by atoms with Crippen molar-refractivity contribution in [3.8, 4) is 0 Å². The quantitative estimate of drug-likeness (QED) is 0.742. The van der Waals surface area contributed by atoms with E-state index in [0.717, 1.165) is 5.57 Å². The number of nitrogens with zero attached hydrogens (tertiary/aromatic N) is 1. The molecule has 2 aliphatic rings. The van der Waals surface area contributed by atoms with Crippen molar-refractivity contribution in [1.82, 2.24) is 4.98 Å². The summed E-state index contributed by atoms with van der Waals surface area (Å²) >= 11 is 1.34. The van der Waals surface area contributed by atoms with Gasteiger partial charge in [0.25, 0.3) is 0 Å². The zero-order valence-electron chi connectivity index (χ0n) is 16.7. The molecular weight excluding hydrogens is 440 g/mol. The lowest BCUT2D eigenvalue weighted by Crippen LogP contribution is -2.53. The first-order valence-electron chi connectivity index (χ1n) is 9.64. The fraction of sp³-hybridized carbons (Fsp3) is 0.333. The van der Waals surface area contributed by atoms with E-state index in [1.54, 1.807) is 18.2 Å². The van der Waals surface area contributed by atoms with Crippen LogP contribution in [0.25, 0.3) is 15.8 Å². The summed E-state index contributed by atoms with van der Waals surface area (Å²) < 4.78 is 41.8. The number of hydrogen-bond acceptors (Lipinski definition) is 8. The summed E-state index contributed by atoms with van der Waals surface area (Å²) in [6, 6.07) is 4.68. The number of sulfone groups is 1. The van der Waals surface area contributed by atoms with Gasteiger partial charge in [-0.15, -0.1) is 11.3 Å². The molecule has 0 saturated carbocycles. The van der Waals surface area contributed by atoms with Gasteiger partial charge >= 0.3 is 0 Å². The highest BCUT2D eigenvalue weighted by molar-refractivity contribution is 7.93. The lowest BCUT2D eigenvalue weighted by Gasteiger charge is -2.33. The van der Waals surface area contributed by atoms with Crippen LogP contribution in [0.4, 0.5) is 0 Å². The maximum Gasteiger partial charge on any atom is 0.239 e. The maximum absolute atomic E-state index is 13.4. The molecule has 10 heteroatoms. The number of allylic oxidation sites excluding steroid dienone is 3. The van der Waals surface area contributed by atoms with E-state index in [1.165, 1.54) is 17.4 Å². The first-order chi connectivity index (χ1) is 14.8. The summed E-state index contributed by atoms with van der Waals surface area (Å²) in [5.41, 5.74) is 6.99. The molecule has 1 amide bonds. The number of thiazole rings is 1. The lowest BCUT2D eigenvalue weighted by atomic mass is 9.98. The number of fused-ring (bicyclic) bond motifs is 1. The molecule has 4 rings (SSSR count). The van der Waals surface area contributed by atoms with Crippen LogP contribution < -0.4 is 5.73 Å². The Labute approximate surface area is 183 Å². The van der Waals surface area contributed by atoms with Crippen LogP contribution in [0, 0.1) is 0 Å².